The molecule has 2 N–H and O–H groups in total. The molecule has 8 nitrogen and oxygen atoms in total. The maximum Gasteiger partial charge on any atom is 0.271 e. The highest BCUT2D eigenvalue weighted by atomic mass is 32.2. The van der Waals surface area contributed by atoms with E-state index in [-0.39, 0.29) is 6.04 Å². The lowest BCUT2D eigenvalue weighted by atomic mass is 10.1. The second-order valence-corrected chi connectivity index (χ2v) is 9.39. The molecule has 0 aliphatic carbocycles. The Bertz CT molecular complexity index is 1280. The third-order valence-electron chi connectivity index (χ3n) is 5.28. The van der Waals surface area contributed by atoms with E-state index in [1.807, 2.05) is 42.8 Å². The molecular formula is C21H22N4O4S. The van der Waals surface area contributed by atoms with Gasteiger partial charge >= 0.3 is 0 Å². The van der Waals surface area contributed by atoms with Crippen LogP contribution >= 0.6 is 0 Å². The van der Waals surface area contributed by atoms with Gasteiger partial charge in [0.25, 0.3) is 11.8 Å². The number of amides is 2. The molecule has 2 amide bonds. The minimum absolute atomic E-state index is 0.209. The van der Waals surface area contributed by atoms with E-state index in [0.717, 1.165) is 16.5 Å². The summed E-state index contributed by atoms with van der Waals surface area (Å²) in [7, 11) is -1.54. The van der Waals surface area contributed by atoms with E-state index in [1.165, 1.54) is 10.6 Å². The monoisotopic (exact) mass is 426 g/mol. The van der Waals surface area contributed by atoms with Crippen molar-refractivity contribution in [2.24, 2.45) is 7.05 Å². The molecule has 1 atom stereocenters. The van der Waals surface area contributed by atoms with E-state index in [2.05, 4.69) is 10.9 Å². The second kappa shape index (κ2) is 7.17. The number of carbonyl (C=O) groups excluding carboxylic acids is 2. The SMILES string of the molecule is CC1Cc2cc(C(=O)NNC(=O)c3cn(C)c4ccccc34)ccc2N1S(C)(=O)=O. The summed E-state index contributed by atoms with van der Waals surface area (Å²) in [5.74, 6) is -0.893. The Labute approximate surface area is 174 Å². The first kappa shape index (κ1) is 20.0. The molecule has 0 fully saturated rings. The van der Waals surface area contributed by atoms with Gasteiger partial charge in [0.15, 0.2) is 0 Å². The molecule has 0 spiro atoms. The molecule has 9 heteroatoms. The average Bonchev–Trinajstić information content (AvgIpc) is 3.21. The molecule has 0 saturated heterocycles. The molecule has 1 aromatic heterocycles. The summed E-state index contributed by atoms with van der Waals surface area (Å²) in [6.45, 7) is 1.82. The van der Waals surface area contributed by atoms with E-state index >= 15 is 0 Å². The molecule has 1 unspecified atom stereocenters. The number of anilines is 1. The third-order valence-corrected chi connectivity index (χ3v) is 6.55. The third kappa shape index (κ3) is 3.41. The van der Waals surface area contributed by atoms with E-state index in [0.29, 0.717) is 23.2 Å². The fourth-order valence-electron chi connectivity index (χ4n) is 4.03. The summed E-state index contributed by atoms with van der Waals surface area (Å²) in [5.41, 5.74) is 7.97. The van der Waals surface area contributed by atoms with Gasteiger partial charge in [-0.15, -0.1) is 0 Å². The van der Waals surface area contributed by atoms with Crippen molar-refractivity contribution in [2.75, 3.05) is 10.6 Å². The summed E-state index contributed by atoms with van der Waals surface area (Å²) in [4.78, 5) is 25.1. The van der Waals surface area contributed by atoms with Gasteiger partial charge in [0.2, 0.25) is 10.0 Å². The molecule has 3 aromatic rings. The highest BCUT2D eigenvalue weighted by Gasteiger charge is 2.32. The van der Waals surface area contributed by atoms with Gasteiger partial charge in [-0.25, -0.2) is 8.42 Å². The number of aryl methyl sites for hydroxylation is 1. The number of para-hydroxylation sites is 1. The molecule has 156 valence electrons. The van der Waals surface area contributed by atoms with Crippen LogP contribution in [0.1, 0.15) is 33.2 Å². The van der Waals surface area contributed by atoms with Crippen molar-refractivity contribution in [3.63, 3.8) is 0 Å². The summed E-state index contributed by atoms with van der Waals surface area (Å²) in [5, 5.41) is 0.791. The molecule has 1 aliphatic rings. The van der Waals surface area contributed by atoms with Crippen LogP contribution < -0.4 is 15.2 Å². The van der Waals surface area contributed by atoms with Gasteiger partial charge in [-0.05, 0) is 43.2 Å². The Kier molecular flexibility index (Phi) is 4.77. The standard InChI is InChI=1S/C21H22N4O4S/c1-13-10-15-11-14(8-9-18(15)25(13)30(3,28)29)20(26)22-23-21(27)17-12-24(2)19-7-5-4-6-16(17)19/h4-9,11-13H,10H2,1-3H3,(H,22,26)(H,23,27). The van der Waals surface area contributed by atoms with Crippen LogP contribution in [0.4, 0.5) is 5.69 Å². The predicted octanol–water partition coefficient (Wildman–Crippen LogP) is 1.96. The minimum Gasteiger partial charge on any atom is -0.350 e. The van der Waals surface area contributed by atoms with Crippen LogP contribution in [0.2, 0.25) is 0 Å². The normalized spacial score (nSPS) is 15.8. The number of hydrazine groups is 1. The van der Waals surface area contributed by atoms with Gasteiger partial charge < -0.3 is 4.57 Å². The fourth-order valence-corrected chi connectivity index (χ4v) is 5.29. The summed E-state index contributed by atoms with van der Waals surface area (Å²) in [6, 6.07) is 12.1. The number of rotatable bonds is 3. The first-order chi connectivity index (χ1) is 14.2. The summed E-state index contributed by atoms with van der Waals surface area (Å²) >= 11 is 0. The van der Waals surface area contributed by atoms with Crippen LogP contribution in [0.3, 0.4) is 0 Å². The number of aromatic nitrogens is 1. The second-order valence-electron chi connectivity index (χ2n) is 7.53. The summed E-state index contributed by atoms with van der Waals surface area (Å²) < 4.78 is 27.3. The van der Waals surface area contributed by atoms with Gasteiger partial charge in [0, 0.05) is 35.8 Å². The predicted molar refractivity (Wildman–Crippen MR) is 115 cm³/mol. The lowest BCUT2D eigenvalue weighted by molar-refractivity contribution is 0.0847. The molecule has 1 aliphatic heterocycles. The zero-order valence-electron chi connectivity index (χ0n) is 16.8. The Balaban J connectivity index is 1.50. The maximum absolute atomic E-state index is 12.6. The minimum atomic E-state index is -3.39. The van der Waals surface area contributed by atoms with Crippen molar-refractivity contribution in [1.82, 2.24) is 15.4 Å². The van der Waals surface area contributed by atoms with Crippen molar-refractivity contribution in [3.8, 4) is 0 Å². The van der Waals surface area contributed by atoms with Crippen molar-refractivity contribution in [1.29, 1.82) is 0 Å². The number of hydrogen-bond donors (Lipinski definition) is 2. The summed E-state index contributed by atoms with van der Waals surface area (Å²) in [6.07, 6.45) is 3.40. The molecule has 0 saturated carbocycles. The highest BCUT2D eigenvalue weighted by molar-refractivity contribution is 7.92. The largest absolute Gasteiger partial charge is 0.350 e. The lowest BCUT2D eigenvalue weighted by Crippen LogP contribution is -2.41. The smallest absolute Gasteiger partial charge is 0.271 e. The first-order valence-electron chi connectivity index (χ1n) is 9.44. The Morgan fingerprint density at radius 2 is 1.77 bits per heavy atom. The van der Waals surface area contributed by atoms with Crippen LogP contribution in [0, 0.1) is 0 Å². The lowest BCUT2D eigenvalue weighted by Gasteiger charge is -2.21. The van der Waals surface area contributed by atoms with Crippen LogP contribution in [0.15, 0.2) is 48.7 Å². The number of sulfonamides is 1. The molecular weight excluding hydrogens is 404 g/mol. The maximum atomic E-state index is 12.6. The van der Waals surface area contributed by atoms with Crippen molar-refractivity contribution >= 4 is 38.4 Å². The van der Waals surface area contributed by atoms with Crippen molar-refractivity contribution in [3.05, 3.63) is 65.4 Å². The van der Waals surface area contributed by atoms with Crippen LogP contribution in [-0.2, 0) is 23.5 Å². The number of hydrogen-bond acceptors (Lipinski definition) is 4. The van der Waals surface area contributed by atoms with Gasteiger partial charge in [0.05, 0.1) is 17.5 Å². The molecule has 2 heterocycles. The molecule has 2 aromatic carbocycles. The van der Waals surface area contributed by atoms with E-state index in [4.69, 9.17) is 0 Å². The van der Waals surface area contributed by atoms with Gasteiger partial charge in [-0.1, -0.05) is 18.2 Å². The number of nitrogens with one attached hydrogen (secondary N) is 2. The van der Waals surface area contributed by atoms with Crippen LogP contribution in [0.25, 0.3) is 10.9 Å². The average molecular weight is 426 g/mol. The van der Waals surface area contributed by atoms with Crippen molar-refractivity contribution < 1.29 is 18.0 Å². The number of carbonyl (C=O) groups is 2. The van der Waals surface area contributed by atoms with Crippen LogP contribution in [-0.4, -0.2) is 37.1 Å². The Hall–Kier alpha value is -3.33. The number of nitrogens with zero attached hydrogens (tertiary/aromatic N) is 2. The van der Waals surface area contributed by atoms with E-state index in [1.54, 1.807) is 24.4 Å². The highest BCUT2D eigenvalue weighted by Crippen LogP contribution is 2.34. The molecule has 30 heavy (non-hydrogen) atoms. The van der Waals surface area contributed by atoms with E-state index < -0.39 is 21.8 Å². The number of benzene rings is 2. The first-order valence-corrected chi connectivity index (χ1v) is 11.3. The van der Waals surface area contributed by atoms with Gasteiger partial charge in [-0.3, -0.25) is 24.7 Å². The molecule has 4 rings (SSSR count). The van der Waals surface area contributed by atoms with Gasteiger partial charge in [0.1, 0.15) is 0 Å². The zero-order valence-corrected chi connectivity index (χ0v) is 17.7. The molecule has 0 bridgehead atoms. The van der Waals surface area contributed by atoms with E-state index in [9.17, 15) is 18.0 Å². The zero-order chi connectivity index (χ0) is 21.6. The Morgan fingerprint density at radius 3 is 2.50 bits per heavy atom. The fraction of sp³-hybridized carbons (Fsp3) is 0.238. The topological polar surface area (TPSA) is 101 Å². The van der Waals surface area contributed by atoms with Crippen molar-refractivity contribution in [2.45, 2.75) is 19.4 Å². The quantitative estimate of drug-likeness (QED) is 0.625. The molecule has 0 radical (unpaired) electrons. The number of fused-ring (bicyclic) bond motifs is 2. The van der Waals surface area contributed by atoms with Gasteiger partial charge in [-0.2, -0.15) is 0 Å². The van der Waals surface area contributed by atoms with Crippen LogP contribution in [0.5, 0.6) is 0 Å². The Morgan fingerprint density at radius 1 is 1.07 bits per heavy atom.